The second-order valence-corrected chi connectivity index (χ2v) is 9.84. The molecule has 0 aromatic heterocycles. The standard InChI is InChI=1S/C19H30FN3O3S/c1-15-10-16(2)13-23(12-15)27(24,25)22-8-6-21(7-9-22)14-17-4-5-19(26-3)18(20)11-17/h4-5,11,15-16H,6-10,12-14H2,1-3H3/t15-,16-/m0/s1. The molecule has 3 rings (SSSR count). The second-order valence-electron chi connectivity index (χ2n) is 7.91. The molecular weight excluding hydrogens is 369 g/mol. The first-order valence-corrected chi connectivity index (χ1v) is 11.0. The fraction of sp³-hybridized carbons (Fsp3) is 0.684. The van der Waals surface area contributed by atoms with Crippen LogP contribution in [-0.2, 0) is 16.8 Å². The van der Waals surface area contributed by atoms with Crippen molar-refractivity contribution < 1.29 is 17.5 Å². The predicted molar refractivity (Wildman–Crippen MR) is 103 cm³/mol. The zero-order chi connectivity index (χ0) is 19.6. The Kier molecular flexibility index (Phi) is 6.40. The Balaban J connectivity index is 1.57. The highest BCUT2D eigenvalue weighted by molar-refractivity contribution is 7.86. The number of methoxy groups -OCH3 is 1. The van der Waals surface area contributed by atoms with Crippen molar-refractivity contribution in [2.24, 2.45) is 11.8 Å². The van der Waals surface area contributed by atoms with Gasteiger partial charge < -0.3 is 4.74 Å². The number of halogens is 1. The van der Waals surface area contributed by atoms with Crippen molar-refractivity contribution >= 4 is 10.2 Å². The van der Waals surface area contributed by atoms with E-state index in [0.717, 1.165) is 12.0 Å². The van der Waals surface area contributed by atoms with Crippen LogP contribution in [0.1, 0.15) is 25.8 Å². The van der Waals surface area contributed by atoms with E-state index >= 15 is 0 Å². The summed E-state index contributed by atoms with van der Waals surface area (Å²) in [7, 11) is -1.95. The fourth-order valence-corrected chi connectivity index (χ4v) is 5.98. The van der Waals surface area contributed by atoms with Crippen LogP contribution >= 0.6 is 0 Å². The topological polar surface area (TPSA) is 53.1 Å². The maximum Gasteiger partial charge on any atom is 0.282 e. The fourth-order valence-electron chi connectivity index (χ4n) is 4.14. The van der Waals surface area contributed by atoms with Crippen molar-refractivity contribution in [3.05, 3.63) is 29.6 Å². The summed E-state index contributed by atoms with van der Waals surface area (Å²) >= 11 is 0. The van der Waals surface area contributed by atoms with E-state index in [2.05, 4.69) is 18.7 Å². The number of piperidine rings is 1. The molecule has 2 saturated heterocycles. The average molecular weight is 400 g/mol. The number of piperazine rings is 1. The Morgan fingerprint density at radius 3 is 2.26 bits per heavy atom. The van der Waals surface area contributed by atoms with Crippen molar-refractivity contribution in [3.8, 4) is 5.75 Å². The molecule has 0 radical (unpaired) electrons. The second kappa shape index (κ2) is 8.43. The Hall–Kier alpha value is -1.22. The van der Waals surface area contributed by atoms with Crippen LogP contribution in [0.3, 0.4) is 0 Å². The van der Waals surface area contributed by atoms with Crippen LogP contribution in [0, 0.1) is 17.7 Å². The molecule has 0 N–H and O–H groups in total. The van der Waals surface area contributed by atoms with Crippen molar-refractivity contribution in [1.82, 2.24) is 13.5 Å². The first-order chi connectivity index (χ1) is 12.8. The van der Waals surface area contributed by atoms with Crippen molar-refractivity contribution in [1.29, 1.82) is 0 Å². The lowest BCUT2D eigenvalue weighted by atomic mass is 9.94. The van der Waals surface area contributed by atoms with Gasteiger partial charge in [-0.2, -0.15) is 17.0 Å². The van der Waals surface area contributed by atoms with Gasteiger partial charge in [-0.3, -0.25) is 4.90 Å². The van der Waals surface area contributed by atoms with E-state index in [9.17, 15) is 12.8 Å². The van der Waals surface area contributed by atoms with Gasteiger partial charge in [-0.15, -0.1) is 0 Å². The molecule has 2 aliphatic rings. The maximum atomic E-state index is 13.9. The zero-order valence-electron chi connectivity index (χ0n) is 16.4. The van der Waals surface area contributed by atoms with E-state index in [0.29, 0.717) is 57.6 Å². The SMILES string of the molecule is COc1ccc(CN2CCN(S(=O)(=O)N3C[C@@H](C)C[C@H](C)C3)CC2)cc1F. The highest BCUT2D eigenvalue weighted by atomic mass is 32.2. The average Bonchev–Trinajstić information content (AvgIpc) is 2.61. The lowest BCUT2D eigenvalue weighted by Crippen LogP contribution is -2.55. The molecule has 0 amide bonds. The third-order valence-corrected chi connectivity index (χ3v) is 7.41. The molecule has 2 heterocycles. The van der Waals surface area contributed by atoms with Crippen LogP contribution in [-0.4, -0.2) is 68.3 Å². The highest BCUT2D eigenvalue weighted by Gasteiger charge is 2.36. The molecule has 1 aromatic rings. The van der Waals surface area contributed by atoms with Crippen molar-refractivity contribution in [2.75, 3.05) is 46.4 Å². The molecule has 0 saturated carbocycles. The summed E-state index contributed by atoms with van der Waals surface area (Å²) in [5, 5.41) is 0. The van der Waals surface area contributed by atoms with E-state index in [1.807, 2.05) is 6.07 Å². The molecule has 2 atom stereocenters. The molecule has 1 aromatic carbocycles. The molecule has 152 valence electrons. The molecule has 0 unspecified atom stereocenters. The zero-order valence-corrected chi connectivity index (χ0v) is 17.2. The maximum absolute atomic E-state index is 13.9. The summed E-state index contributed by atoms with van der Waals surface area (Å²) in [4.78, 5) is 2.16. The minimum atomic E-state index is -3.40. The van der Waals surface area contributed by atoms with Crippen LogP contribution in [0.15, 0.2) is 18.2 Å². The van der Waals surface area contributed by atoms with Crippen LogP contribution < -0.4 is 4.74 Å². The van der Waals surface area contributed by atoms with Gasteiger partial charge >= 0.3 is 0 Å². The minimum absolute atomic E-state index is 0.236. The number of benzene rings is 1. The summed E-state index contributed by atoms with van der Waals surface area (Å²) in [6.07, 6.45) is 1.08. The van der Waals surface area contributed by atoms with Crippen molar-refractivity contribution in [3.63, 3.8) is 0 Å². The summed E-state index contributed by atoms with van der Waals surface area (Å²) in [5.74, 6) is 0.661. The molecule has 2 fully saturated rings. The van der Waals surface area contributed by atoms with E-state index < -0.39 is 10.2 Å². The van der Waals surface area contributed by atoms with Crippen LogP contribution in [0.4, 0.5) is 4.39 Å². The van der Waals surface area contributed by atoms with Gasteiger partial charge in [0.05, 0.1) is 7.11 Å². The monoisotopic (exact) mass is 399 g/mol. The van der Waals surface area contributed by atoms with Gasteiger partial charge in [0.1, 0.15) is 0 Å². The van der Waals surface area contributed by atoms with Gasteiger partial charge in [0.25, 0.3) is 10.2 Å². The summed E-state index contributed by atoms with van der Waals surface area (Å²) < 4.78 is 48.0. The lowest BCUT2D eigenvalue weighted by Gasteiger charge is -2.40. The molecule has 27 heavy (non-hydrogen) atoms. The normalized spacial score (nSPS) is 26.2. The molecule has 6 nitrogen and oxygen atoms in total. The third-order valence-electron chi connectivity index (χ3n) is 5.44. The highest BCUT2D eigenvalue weighted by Crippen LogP contribution is 2.25. The Morgan fingerprint density at radius 2 is 1.70 bits per heavy atom. The van der Waals surface area contributed by atoms with E-state index in [4.69, 9.17) is 4.74 Å². The number of hydrogen-bond acceptors (Lipinski definition) is 4. The Labute approximate surface area is 162 Å². The van der Waals surface area contributed by atoms with Gasteiger partial charge in [0, 0.05) is 45.8 Å². The van der Waals surface area contributed by atoms with Crippen molar-refractivity contribution in [2.45, 2.75) is 26.8 Å². The Bertz CT molecular complexity index is 741. The predicted octanol–water partition coefficient (Wildman–Crippen LogP) is 2.17. The summed E-state index contributed by atoms with van der Waals surface area (Å²) in [5.41, 5.74) is 0.864. The van der Waals surface area contributed by atoms with Crippen LogP contribution in [0.25, 0.3) is 0 Å². The smallest absolute Gasteiger partial charge is 0.282 e. The van der Waals surface area contributed by atoms with Gasteiger partial charge in [-0.05, 0) is 36.0 Å². The molecule has 0 bridgehead atoms. The first kappa shape index (κ1) is 20.5. The summed E-state index contributed by atoms with van der Waals surface area (Å²) in [6.45, 7) is 8.29. The summed E-state index contributed by atoms with van der Waals surface area (Å²) in [6, 6.07) is 4.96. The number of rotatable bonds is 5. The lowest BCUT2D eigenvalue weighted by molar-refractivity contribution is 0.162. The van der Waals surface area contributed by atoms with Crippen LogP contribution in [0.2, 0.25) is 0 Å². The number of hydrogen-bond donors (Lipinski definition) is 0. The molecule has 8 heteroatoms. The largest absolute Gasteiger partial charge is 0.494 e. The molecular formula is C19H30FN3O3S. The first-order valence-electron chi connectivity index (χ1n) is 9.59. The van der Waals surface area contributed by atoms with Gasteiger partial charge in [-0.25, -0.2) is 4.39 Å². The third kappa shape index (κ3) is 4.80. The van der Waals surface area contributed by atoms with Crippen LogP contribution in [0.5, 0.6) is 5.75 Å². The number of ether oxygens (including phenoxy) is 1. The van der Waals surface area contributed by atoms with E-state index in [1.165, 1.54) is 13.2 Å². The van der Waals surface area contributed by atoms with E-state index in [-0.39, 0.29) is 11.6 Å². The van der Waals surface area contributed by atoms with E-state index in [1.54, 1.807) is 14.7 Å². The molecule has 0 spiro atoms. The quantitative estimate of drug-likeness (QED) is 0.762. The van der Waals surface area contributed by atoms with Gasteiger partial charge in [-0.1, -0.05) is 19.9 Å². The van der Waals surface area contributed by atoms with Gasteiger partial charge in [0.2, 0.25) is 0 Å². The molecule has 0 aliphatic carbocycles. The minimum Gasteiger partial charge on any atom is -0.494 e. The van der Waals surface area contributed by atoms with Gasteiger partial charge in [0.15, 0.2) is 11.6 Å². The molecule has 2 aliphatic heterocycles. The Morgan fingerprint density at radius 1 is 1.07 bits per heavy atom. The number of nitrogens with zero attached hydrogens (tertiary/aromatic N) is 3.